The predicted molar refractivity (Wildman–Crippen MR) is 114 cm³/mol. The zero-order chi connectivity index (χ0) is 23.7. The Hall–Kier alpha value is -3.37. The number of benzene rings is 1. The number of phenols is 1. The number of aliphatic hydroxyl groups is 3. The summed E-state index contributed by atoms with van der Waals surface area (Å²) in [5.74, 6) is -6.55. The number of fused-ring (bicyclic) bond motifs is 3. The van der Waals surface area contributed by atoms with Gasteiger partial charge in [-0.1, -0.05) is 6.07 Å². The molecule has 170 valence electrons. The lowest BCUT2D eigenvalue weighted by molar-refractivity contribution is -0.153. The molecule has 1 aromatic carbocycles. The van der Waals surface area contributed by atoms with E-state index in [-0.39, 0.29) is 29.7 Å². The quantitative estimate of drug-likeness (QED) is 0.278. The van der Waals surface area contributed by atoms with Gasteiger partial charge in [-0.25, -0.2) is 0 Å². The highest BCUT2D eigenvalue weighted by atomic mass is 16.3. The van der Waals surface area contributed by atoms with Crippen molar-refractivity contribution >= 4 is 28.9 Å². The molecule has 0 heterocycles. The van der Waals surface area contributed by atoms with Crippen LogP contribution in [0.4, 0.5) is 5.69 Å². The smallest absolute Gasteiger partial charge is 0.255 e. The molecule has 0 aromatic heterocycles. The van der Waals surface area contributed by atoms with Crippen molar-refractivity contribution in [1.82, 2.24) is 4.90 Å². The zero-order valence-corrected chi connectivity index (χ0v) is 17.8. The Morgan fingerprint density at radius 3 is 2.44 bits per heavy atom. The van der Waals surface area contributed by atoms with Crippen LogP contribution in [0.1, 0.15) is 17.5 Å². The summed E-state index contributed by atoms with van der Waals surface area (Å²) in [6, 6.07) is 2.28. The van der Waals surface area contributed by atoms with Gasteiger partial charge < -0.3 is 31.5 Å². The number of nitrogens with one attached hydrogen (secondary N) is 1. The van der Waals surface area contributed by atoms with Gasteiger partial charge in [0.2, 0.25) is 5.78 Å². The summed E-state index contributed by atoms with van der Waals surface area (Å²) in [7, 11) is 4.71. The number of primary amides is 1. The second-order valence-electron chi connectivity index (χ2n) is 8.71. The number of aromatic hydroxyl groups is 1. The lowest BCUT2D eigenvalue weighted by Gasteiger charge is -2.50. The van der Waals surface area contributed by atoms with Gasteiger partial charge in [0.15, 0.2) is 11.4 Å². The third-order valence-corrected chi connectivity index (χ3v) is 6.86. The summed E-state index contributed by atoms with van der Waals surface area (Å²) in [6.45, 7) is 0. The van der Waals surface area contributed by atoms with E-state index in [1.807, 2.05) is 0 Å². The van der Waals surface area contributed by atoms with E-state index in [0.29, 0.717) is 11.3 Å². The molecule has 0 saturated heterocycles. The molecule has 1 fully saturated rings. The second kappa shape index (κ2) is 7.07. The van der Waals surface area contributed by atoms with Gasteiger partial charge in [0.1, 0.15) is 22.8 Å². The monoisotopic (exact) mass is 443 g/mol. The van der Waals surface area contributed by atoms with E-state index in [1.54, 1.807) is 33.3 Å². The van der Waals surface area contributed by atoms with E-state index in [4.69, 9.17) is 5.73 Å². The molecule has 10 nitrogen and oxygen atoms in total. The van der Waals surface area contributed by atoms with Crippen molar-refractivity contribution in [2.45, 2.75) is 24.5 Å². The van der Waals surface area contributed by atoms with Crippen LogP contribution < -0.4 is 11.1 Å². The van der Waals surface area contributed by atoms with E-state index in [2.05, 4.69) is 5.32 Å². The minimum Gasteiger partial charge on any atom is -0.508 e. The molecule has 0 unspecified atom stereocenters. The van der Waals surface area contributed by atoms with Crippen molar-refractivity contribution in [2.24, 2.45) is 17.6 Å². The number of rotatable bonds is 3. The molecule has 3 aliphatic rings. The van der Waals surface area contributed by atoms with E-state index in [9.17, 15) is 34.8 Å². The van der Waals surface area contributed by atoms with Gasteiger partial charge in [-0.3, -0.25) is 19.3 Å². The fourth-order valence-corrected chi connectivity index (χ4v) is 5.42. The molecule has 1 amide bonds. The van der Waals surface area contributed by atoms with E-state index in [0.717, 1.165) is 0 Å². The first-order chi connectivity index (χ1) is 15.0. The molecule has 4 atom stereocenters. The van der Waals surface area contributed by atoms with Gasteiger partial charge in [0, 0.05) is 18.5 Å². The number of likely N-dealkylation sites (N-methyl/N-ethyl adjacent to an activating group) is 1. The fourth-order valence-electron chi connectivity index (χ4n) is 5.42. The SMILES string of the molecule is CNc1ccc2c(c1O)C(O)=C1C(=O)[C@]3(O)C(O)=C(C(N)=O)C(=O)[C@@H](N(C)C)[C@@H]3C[C@@H]1C2. The first-order valence-electron chi connectivity index (χ1n) is 10.1. The first-order valence-corrected chi connectivity index (χ1v) is 10.1. The summed E-state index contributed by atoms with van der Waals surface area (Å²) in [5, 5.41) is 46.6. The summed E-state index contributed by atoms with van der Waals surface area (Å²) < 4.78 is 0. The van der Waals surface area contributed by atoms with Crippen LogP contribution in [0.15, 0.2) is 29.0 Å². The highest BCUT2D eigenvalue weighted by molar-refractivity contribution is 6.24. The number of nitrogens with zero attached hydrogens (tertiary/aromatic N) is 1. The van der Waals surface area contributed by atoms with Crippen LogP contribution in [-0.4, -0.2) is 75.6 Å². The number of Topliss-reactive ketones (excluding diaryl/α,β-unsaturated/α-hetero) is 2. The van der Waals surface area contributed by atoms with Crippen molar-refractivity contribution in [3.05, 3.63) is 40.2 Å². The van der Waals surface area contributed by atoms with Crippen LogP contribution in [0, 0.1) is 11.8 Å². The van der Waals surface area contributed by atoms with Gasteiger partial charge in [-0.2, -0.15) is 0 Å². The van der Waals surface area contributed by atoms with Gasteiger partial charge in [0.25, 0.3) is 5.91 Å². The Balaban J connectivity index is 1.97. The number of ketones is 2. The lowest BCUT2D eigenvalue weighted by atomic mass is 9.57. The molecular weight excluding hydrogens is 418 g/mol. The molecule has 0 spiro atoms. The average molecular weight is 443 g/mol. The third kappa shape index (κ3) is 2.63. The van der Waals surface area contributed by atoms with Crippen LogP contribution in [0.2, 0.25) is 0 Å². The molecular formula is C22H25N3O7. The Bertz CT molecular complexity index is 1140. The van der Waals surface area contributed by atoms with Gasteiger partial charge in [-0.05, 0) is 44.5 Å². The average Bonchev–Trinajstić information content (AvgIpc) is 2.70. The number of aliphatic hydroxyl groups excluding tert-OH is 2. The van der Waals surface area contributed by atoms with E-state index < -0.39 is 58.0 Å². The number of carbonyl (C=O) groups excluding carboxylic acids is 3. The molecule has 10 heteroatoms. The van der Waals surface area contributed by atoms with Crippen molar-refractivity contribution in [3.8, 4) is 5.75 Å². The summed E-state index contributed by atoms with van der Waals surface area (Å²) >= 11 is 0. The molecule has 7 N–H and O–H groups in total. The van der Waals surface area contributed by atoms with Crippen LogP contribution in [0.3, 0.4) is 0 Å². The summed E-state index contributed by atoms with van der Waals surface area (Å²) in [6.07, 6.45) is 0.340. The Labute approximate surface area is 183 Å². The number of amides is 1. The second-order valence-corrected chi connectivity index (χ2v) is 8.71. The zero-order valence-electron chi connectivity index (χ0n) is 17.8. The maximum atomic E-state index is 13.6. The molecule has 0 aliphatic heterocycles. The molecule has 32 heavy (non-hydrogen) atoms. The summed E-state index contributed by atoms with van der Waals surface area (Å²) in [5.41, 5.74) is 2.68. The lowest BCUT2D eigenvalue weighted by Crippen LogP contribution is -2.65. The predicted octanol–water partition coefficient (Wildman–Crippen LogP) is 0.00570. The number of nitrogens with two attached hydrogens (primary N) is 1. The van der Waals surface area contributed by atoms with Gasteiger partial charge in [0.05, 0.1) is 17.3 Å². The topological polar surface area (TPSA) is 173 Å². The number of carbonyl (C=O) groups is 3. The Morgan fingerprint density at radius 1 is 1.22 bits per heavy atom. The molecule has 1 aromatic rings. The summed E-state index contributed by atoms with van der Waals surface area (Å²) in [4.78, 5) is 40.0. The van der Waals surface area contributed by atoms with E-state index >= 15 is 0 Å². The minimum absolute atomic E-state index is 0.0631. The van der Waals surface area contributed by atoms with Crippen molar-refractivity contribution in [1.29, 1.82) is 0 Å². The standard InChI is InChI=1S/C22H25N3O7/c1-24-11-5-4-8-6-9-7-10-15(25(2)3)18(28)14(21(23)31)20(30)22(10,32)19(29)13(9)17(27)12(8)16(11)26/h4-5,9-10,15,24,26-27,30,32H,6-7H2,1-3H3,(H2,23,31)/t9-,10-,15-,22-/m0/s1. The fraction of sp³-hybridized carbons (Fsp3) is 0.409. The van der Waals surface area contributed by atoms with Crippen molar-refractivity contribution in [3.63, 3.8) is 0 Å². The number of phenolic OH excluding ortho intramolecular Hbond substituents is 1. The molecule has 4 rings (SSSR count). The van der Waals surface area contributed by atoms with Crippen molar-refractivity contribution < 1.29 is 34.8 Å². The Morgan fingerprint density at radius 2 is 1.88 bits per heavy atom. The maximum Gasteiger partial charge on any atom is 0.255 e. The maximum absolute atomic E-state index is 13.6. The van der Waals surface area contributed by atoms with Crippen molar-refractivity contribution in [2.75, 3.05) is 26.5 Å². The molecule has 1 saturated carbocycles. The number of anilines is 1. The molecule has 0 radical (unpaired) electrons. The number of hydrogen-bond donors (Lipinski definition) is 6. The Kier molecular flexibility index (Phi) is 4.83. The molecule has 3 aliphatic carbocycles. The highest BCUT2D eigenvalue weighted by Gasteiger charge is 2.64. The van der Waals surface area contributed by atoms with Crippen LogP contribution in [-0.2, 0) is 20.8 Å². The van der Waals surface area contributed by atoms with Gasteiger partial charge in [-0.15, -0.1) is 0 Å². The third-order valence-electron chi connectivity index (χ3n) is 6.86. The van der Waals surface area contributed by atoms with Gasteiger partial charge >= 0.3 is 0 Å². The van der Waals surface area contributed by atoms with Crippen LogP contribution in [0.5, 0.6) is 5.75 Å². The normalized spacial score (nSPS) is 29.6. The minimum atomic E-state index is -2.62. The molecule has 0 bridgehead atoms. The largest absolute Gasteiger partial charge is 0.508 e. The van der Waals surface area contributed by atoms with Crippen LogP contribution in [0.25, 0.3) is 5.76 Å². The first kappa shape index (κ1) is 21.8. The highest BCUT2D eigenvalue weighted by Crippen LogP contribution is 2.53. The number of hydrogen-bond acceptors (Lipinski definition) is 9. The van der Waals surface area contributed by atoms with Crippen LogP contribution >= 0.6 is 0 Å². The van der Waals surface area contributed by atoms with E-state index in [1.165, 1.54) is 4.90 Å².